The highest BCUT2D eigenvalue weighted by Gasteiger charge is 2.18. The van der Waals surface area contributed by atoms with Crippen LogP contribution in [0.4, 0.5) is 5.13 Å². The monoisotopic (exact) mass is 379 g/mol. The Kier molecular flexibility index (Phi) is 6.74. The van der Waals surface area contributed by atoms with E-state index in [0.29, 0.717) is 6.54 Å². The van der Waals surface area contributed by atoms with Gasteiger partial charge < -0.3 is 4.90 Å². The standard InChI is InChI=1S/C22H25N3OS/c1-3-24(4-2)16-17-25(21(26)15-14-18-10-6-5-7-11-18)22-23-19-12-8-9-13-20(19)27-22/h5-15H,3-4,16-17H2,1-2H3/b15-14+. The van der Waals surface area contributed by atoms with Crippen molar-refractivity contribution in [1.82, 2.24) is 9.88 Å². The van der Waals surface area contributed by atoms with Crippen LogP contribution >= 0.6 is 11.3 Å². The highest BCUT2D eigenvalue weighted by Crippen LogP contribution is 2.28. The average Bonchev–Trinajstić information content (AvgIpc) is 3.14. The molecular weight excluding hydrogens is 354 g/mol. The molecule has 0 unspecified atom stereocenters. The number of fused-ring (bicyclic) bond motifs is 1. The minimum Gasteiger partial charge on any atom is -0.302 e. The van der Waals surface area contributed by atoms with Crippen LogP contribution in [0.2, 0.25) is 0 Å². The second-order valence-electron chi connectivity index (χ2n) is 6.22. The molecule has 1 amide bonds. The number of likely N-dealkylation sites (N-methyl/N-ethyl adjacent to an activating group) is 1. The summed E-state index contributed by atoms with van der Waals surface area (Å²) in [4.78, 5) is 21.8. The van der Waals surface area contributed by atoms with Crippen molar-refractivity contribution in [1.29, 1.82) is 0 Å². The lowest BCUT2D eigenvalue weighted by Gasteiger charge is -2.23. The number of hydrogen-bond donors (Lipinski definition) is 0. The van der Waals surface area contributed by atoms with Crippen molar-refractivity contribution >= 4 is 38.7 Å². The summed E-state index contributed by atoms with van der Waals surface area (Å²) in [7, 11) is 0. The van der Waals surface area contributed by atoms with E-state index in [2.05, 4.69) is 23.7 Å². The van der Waals surface area contributed by atoms with Crippen molar-refractivity contribution in [3.05, 3.63) is 66.2 Å². The van der Waals surface area contributed by atoms with Crippen LogP contribution in [0.1, 0.15) is 19.4 Å². The molecule has 5 heteroatoms. The zero-order valence-electron chi connectivity index (χ0n) is 15.8. The largest absolute Gasteiger partial charge is 0.302 e. The highest BCUT2D eigenvalue weighted by molar-refractivity contribution is 7.22. The number of thiazole rings is 1. The van der Waals surface area contributed by atoms with Gasteiger partial charge in [0.25, 0.3) is 5.91 Å². The van der Waals surface area contributed by atoms with Crippen molar-refractivity contribution in [2.24, 2.45) is 0 Å². The first-order valence-corrected chi connectivity index (χ1v) is 10.2. The van der Waals surface area contributed by atoms with E-state index in [0.717, 1.165) is 40.5 Å². The topological polar surface area (TPSA) is 36.4 Å². The minimum absolute atomic E-state index is 0.0370. The molecule has 0 saturated carbocycles. The zero-order valence-corrected chi connectivity index (χ0v) is 16.7. The van der Waals surface area contributed by atoms with E-state index in [1.165, 1.54) is 0 Å². The van der Waals surface area contributed by atoms with Crippen LogP contribution in [0, 0.1) is 0 Å². The van der Waals surface area contributed by atoms with Gasteiger partial charge in [0.2, 0.25) is 0 Å². The van der Waals surface area contributed by atoms with Crippen LogP contribution in [0.25, 0.3) is 16.3 Å². The molecule has 27 heavy (non-hydrogen) atoms. The summed E-state index contributed by atoms with van der Waals surface area (Å²) < 4.78 is 1.10. The highest BCUT2D eigenvalue weighted by atomic mass is 32.1. The lowest BCUT2D eigenvalue weighted by atomic mass is 10.2. The summed E-state index contributed by atoms with van der Waals surface area (Å²) >= 11 is 1.56. The van der Waals surface area contributed by atoms with E-state index in [-0.39, 0.29) is 5.91 Å². The molecule has 0 aliphatic rings. The summed E-state index contributed by atoms with van der Waals surface area (Å²) in [6.07, 6.45) is 3.50. The molecule has 1 heterocycles. The summed E-state index contributed by atoms with van der Waals surface area (Å²) in [5.74, 6) is -0.0370. The molecule has 140 valence electrons. The molecule has 2 aromatic carbocycles. The Morgan fingerprint density at radius 2 is 1.70 bits per heavy atom. The van der Waals surface area contributed by atoms with Gasteiger partial charge in [0, 0.05) is 19.2 Å². The molecular formula is C22H25N3OS. The Morgan fingerprint density at radius 1 is 1.00 bits per heavy atom. The van der Waals surface area contributed by atoms with Crippen molar-refractivity contribution in [2.45, 2.75) is 13.8 Å². The Morgan fingerprint density at radius 3 is 2.41 bits per heavy atom. The number of amides is 1. The number of para-hydroxylation sites is 1. The maximum Gasteiger partial charge on any atom is 0.252 e. The van der Waals surface area contributed by atoms with Crippen molar-refractivity contribution < 1.29 is 4.79 Å². The van der Waals surface area contributed by atoms with Gasteiger partial charge in [-0.1, -0.05) is 67.6 Å². The molecule has 0 spiro atoms. The molecule has 1 aromatic heterocycles. The van der Waals surface area contributed by atoms with E-state index >= 15 is 0 Å². The summed E-state index contributed by atoms with van der Waals surface area (Å²) in [5.41, 5.74) is 1.95. The molecule has 0 fully saturated rings. The molecule has 0 saturated heterocycles. The van der Waals surface area contributed by atoms with Crippen LogP contribution in [-0.2, 0) is 4.79 Å². The zero-order chi connectivity index (χ0) is 19.1. The first-order valence-electron chi connectivity index (χ1n) is 9.33. The Balaban J connectivity index is 1.84. The molecule has 0 aliphatic heterocycles. The summed E-state index contributed by atoms with van der Waals surface area (Å²) in [6.45, 7) is 7.68. The Bertz CT molecular complexity index is 867. The van der Waals surface area contributed by atoms with Crippen LogP contribution < -0.4 is 4.90 Å². The fraction of sp³-hybridized carbons (Fsp3) is 0.273. The number of carbonyl (C=O) groups is 1. The number of aromatic nitrogens is 1. The van der Waals surface area contributed by atoms with Gasteiger partial charge in [-0.25, -0.2) is 4.98 Å². The number of hydrogen-bond acceptors (Lipinski definition) is 4. The van der Waals surface area contributed by atoms with Crippen molar-refractivity contribution in [3.8, 4) is 0 Å². The fourth-order valence-electron chi connectivity index (χ4n) is 2.88. The predicted molar refractivity (Wildman–Crippen MR) is 115 cm³/mol. The van der Waals surface area contributed by atoms with Gasteiger partial charge in [0.05, 0.1) is 10.2 Å². The van der Waals surface area contributed by atoms with Crippen LogP contribution in [0.5, 0.6) is 0 Å². The van der Waals surface area contributed by atoms with E-state index in [1.807, 2.05) is 60.7 Å². The molecule has 4 nitrogen and oxygen atoms in total. The first kappa shape index (κ1) is 19.3. The second-order valence-corrected chi connectivity index (χ2v) is 7.23. The maximum absolute atomic E-state index is 13.0. The Labute approximate surface area is 164 Å². The van der Waals surface area contributed by atoms with Crippen LogP contribution in [0.15, 0.2) is 60.7 Å². The normalized spacial score (nSPS) is 11.5. The van der Waals surface area contributed by atoms with Crippen molar-refractivity contribution in [2.75, 3.05) is 31.1 Å². The van der Waals surface area contributed by atoms with Gasteiger partial charge in [0.1, 0.15) is 0 Å². The number of benzene rings is 2. The van der Waals surface area contributed by atoms with Gasteiger partial charge in [-0.05, 0) is 36.9 Å². The van der Waals surface area contributed by atoms with E-state index in [1.54, 1.807) is 22.3 Å². The molecule has 0 radical (unpaired) electrons. The molecule has 3 rings (SSSR count). The molecule has 0 N–H and O–H groups in total. The second kappa shape index (κ2) is 9.44. The third-order valence-corrected chi connectivity index (χ3v) is 5.59. The van der Waals surface area contributed by atoms with Gasteiger partial charge in [-0.15, -0.1) is 0 Å². The lowest BCUT2D eigenvalue weighted by molar-refractivity contribution is -0.114. The number of rotatable bonds is 8. The third-order valence-electron chi connectivity index (χ3n) is 4.53. The quantitative estimate of drug-likeness (QED) is 0.533. The molecule has 3 aromatic rings. The van der Waals surface area contributed by atoms with Gasteiger partial charge in [-0.2, -0.15) is 0 Å². The number of anilines is 1. The molecule has 0 aliphatic carbocycles. The van der Waals surface area contributed by atoms with Crippen molar-refractivity contribution in [3.63, 3.8) is 0 Å². The summed E-state index contributed by atoms with van der Waals surface area (Å²) in [6, 6.07) is 17.9. The fourth-order valence-corrected chi connectivity index (χ4v) is 3.88. The maximum atomic E-state index is 13.0. The van der Waals surface area contributed by atoms with Crippen LogP contribution in [0.3, 0.4) is 0 Å². The summed E-state index contributed by atoms with van der Waals surface area (Å²) in [5, 5.41) is 0.756. The number of carbonyl (C=O) groups excluding carboxylic acids is 1. The van der Waals surface area contributed by atoms with Gasteiger partial charge in [0.15, 0.2) is 5.13 Å². The van der Waals surface area contributed by atoms with Gasteiger partial charge in [-0.3, -0.25) is 9.69 Å². The average molecular weight is 380 g/mol. The number of nitrogens with zero attached hydrogens (tertiary/aromatic N) is 3. The Hall–Kier alpha value is -2.50. The van der Waals surface area contributed by atoms with E-state index < -0.39 is 0 Å². The van der Waals surface area contributed by atoms with Gasteiger partial charge >= 0.3 is 0 Å². The SMILES string of the molecule is CCN(CC)CCN(C(=O)/C=C/c1ccccc1)c1nc2ccccc2s1. The first-order chi connectivity index (χ1) is 13.2. The minimum atomic E-state index is -0.0370. The smallest absolute Gasteiger partial charge is 0.252 e. The van der Waals surface area contributed by atoms with E-state index in [9.17, 15) is 4.79 Å². The molecule has 0 atom stereocenters. The van der Waals surface area contributed by atoms with E-state index in [4.69, 9.17) is 0 Å². The molecule has 0 bridgehead atoms. The lowest BCUT2D eigenvalue weighted by Crippen LogP contribution is -2.38. The predicted octanol–water partition coefficient (Wildman–Crippen LogP) is 4.68. The third kappa shape index (κ3) is 5.02. The van der Waals surface area contributed by atoms with Crippen LogP contribution in [-0.4, -0.2) is 42.0 Å².